The van der Waals surface area contributed by atoms with Gasteiger partial charge in [-0.05, 0) is 81.0 Å². The Morgan fingerprint density at radius 3 is 2.27 bits per heavy atom. The molecule has 30 heavy (non-hydrogen) atoms. The van der Waals surface area contributed by atoms with Crippen molar-refractivity contribution in [2.75, 3.05) is 6.54 Å². The number of nitrogens with zero attached hydrogens (tertiary/aromatic N) is 1. The lowest BCUT2D eigenvalue weighted by Crippen LogP contribution is -2.58. The molecule has 3 aliphatic carbocycles. The number of likely N-dealkylation sites (tertiary alicyclic amines) is 1. The molecular weight excluding hydrogens is 384 g/mol. The van der Waals surface area contributed by atoms with Crippen LogP contribution in [0.2, 0.25) is 0 Å². The molecule has 7 nitrogen and oxygen atoms in total. The molecule has 1 aliphatic heterocycles. The number of rotatable bonds is 3. The van der Waals surface area contributed by atoms with Crippen LogP contribution in [0.3, 0.4) is 0 Å². The highest BCUT2D eigenvalue weighted by molar-refractivity contribution is 5.90. The second-order valence-electron chi connectivity index (χ2n) is 12.1. The summed E-state index contributed by atoms with van der Waals surface area (Å²) in [4.78, 5) is 40.0. The van der Waals surface area contributed by atoms with E-state index in [1.54, 1.807) is 25.7 Å². The maximum atomic E-state index is 13.6. The Morgan fingerprint density at radius 1 is 1.13 bits per heavy atom. The minimum Gasteiger partial charge on any atom is -0.480 e. The number of ether oxygens (including phenoxy) is 1. The summed E-state index contributed by atoms with van der Waals surface area (Å²) < 4.78 is 5.37. The number of carbonyl (C=O) groups excluding carboxylic acids is 2. The molecule has 1 saturated heterocycles. The van der Waals surface area contributed by atoms with E-state index in [-0.39, 0.29) is 17.7 Å². The number of carbonyl (C=O) groups is 3. The summed E-state index contributed by atoms with van der Waals surface area (Å²) in [6.45, 7) is 11.4. The Morgan fingerprint density at radius 2 is 1.77 bits per heavy atom. The molecule has 1 spiro atoms. The molecule has 3 saturated carbocycles. The summed E-state index contributed by atoms with van der Waals surface area (Å²) in [6.07, 6.45) is 4.09. The van der Waals surface area contributed by atoms with Gasteiger partial charge >= 0.3 is 12.1 Å². The van der Waals surface area contributed by atoms with E-state index in [0.717, 1.165) is 6.42 Å². The van der Waals surface area contributed by atoms with Crippen LogP contribution in [0.4, 0.5) is 4.79 Å². The molecule has 6 atom stereocenters. The first-order chi connectivity index (χ1) is 13.7. The molecule has 2 N–H and O–H groups in total. The van der Waals surface area contributed by atoms with Crippen LogP contribution in [0.1, 0.15) is 67.2 Å². The Bertz CT molecular complexity index is 761. The summed E-state index contributed by atoms with van der Waals surface area (Å²) in [7, 11) is 0. The van der Waals surface area contributed by atoms with Crippen LogP contribution in [0.25, 0.3) is 0 Å². The fourth-order valence-electron chi connectivity index (χ4n) is 6.61. The lowest BCUT2D eigenvalue weighted by Gasteiger charge is -2.37. The summed E-state index contributed by atoms with van der Waals surface area (Å²) in [5, 5.41) is 12.8. The van der Waals surface area contributed by atoms with E-state index in [4.69, 9.17) is 4.74 Å². The van der Waals surface area contributed by atoms with Crippen molar-refractivity contribution in [3.63, 3.8) is 0 Å². The first kappa shape index (κ1) is 21.4. The van der Waals surface area contributed by atoms with Gasteiger partial charge in [-0.3, -0.25) is 4.79 Å². The van der Waals surface area contributed by atoms with Crippen molar-refractivity contribution in [2.24, 2.45) is 34.5 Å². The largest absolute Gasteiger partial charge is 0.480 e. The first-order valence-corrected chi connectivity index (χ1v) is 11.3. The Hall–Kier alpha value is -1.79. The molecule has 168 valence electrons. The molecule has 4 fully saturated rings. The zero-order valence-electron chi connectivity index (χ0n) is 19.0. The Kier molecular flexibility index (Phi) is 4.72. The van der Waals surface area contributed by atoms with E-state index in [1.807, 2.05) is 20.8 Å². The molecular formula is C23H36N2O5. The van der Waals surface area contributed by atoms with Gasteiger partial charge in [-0.1, -0.05) is 20.8 Å². The lowest BCUT2D eigenvalue weighted by molar-refractivity contribution is -0.152. The molecule has 4 aliphatic rings. The van der Waals surface area contributed by atoms with Crippen molar-refractivity contribution in [2.45, 2.75) is 84.9 Å². The number of fused-ring (bicyclic) bond motifs is 6. The minimum atomic E-state index is -0.913. The van der Waals surface area contributed by atoms with E-state index >= 15 is 0 Å². The van der Waals surface area contributed by atoms with Crippen LogP contribution in [0.15, 0.2) is 0 Å². The first-order valence-electron chi connectivity index (χ1n) is 11.3. The van der Waals surface area contributed by atoms with E-state index in [1.165, 1.54) is 19.3 Å². The molecule has 2 bridgehead atoms. The van der Waals surface area contributed by atoms with Crippen LogP contribution >= 0.6 is 0 Å². The fraction of sp³-hybridized carbons (Fsp3) is 0.870. The van der Waals surface area contributed by atoms with Crippen LogP contribution in [0, 0.1) is 34.5 Å². The SMILES string of the molecule is CC(C)(C)OC(=O)N[C@H](C(=O)N1CC2[C@H]3C[C@@H]([C@@H]2[C@H]1C(=O)O)C1(CC1)C3)C(C)(C)C. The number of carboxylic acid groups (broad SMARTS) is 1. The van der Waals surface area contributed by atoms with Crippen LogP contribution in [-0.2, 0) is 14.3 Å². The van der Waals surface area contributed by atoms with Crippen molar-refractivity contribution in [1.82, 2.24) is 10.2 Å². The van der Waals surface area contributed by atoms with E-state index < -0.39 is 35.2 Å². The molecule has 4 rings (SSSR count). The number of carboxylic acids is 1. The lowest BCUT2D eigenvalue weighted by atomic mass is 9.71. The van der Waals surface area contributed by atoms with Crippen molar-refractivity contribution in [1.29, 1.82) is 0 Å². The normalized spacial score (nSPS) is 34.6. The predicted octanol–water partition coefficient (Wildman–Crippen LogP) is 3.27. The second-order valence-corrected chi connectivity index (χ2v) is 12.1. The van der Waals surface area contributed by atoms with Gasteiger partial charge in [0, 0.05) is 6.54 Å². The number of hydrogen-bond acceptors (Lipinski definition) is 4. The zero-order chi connectivity index (χ0) is 22.2. The molecule has 1 heterocycles. The number of alkyl carbamates (subject to hydrolysis) is 1. The third-order valence-electron chi connectivity index (χ3n) is 7.89. The van der Waals surface area contributed by atoms with Crippen LogP contribution in [0.5, 0.6) is 0 Å². The molecule has 1 unspecified atom stereocenters. The van der Waals surface area contributed by atoms with Gasteiger partial charge in [-0.15, -0.1) is 0 Å². The molecule has 0 aromatic heterocycles. The van der Waals surface area contributed by atoms with Gasteiger partial charge in [-0.2, -0.15) is 0 Å². The molecule has 0 radical (unpaired) electrons. The number of hydrogen-bond donors (Lipinski definition) is 2. The molecule has 2 amide bonds. The molecule has 0 aromatic rings. The average Bonchev–Trinajstić information content (AvgIpc) is 2.95. The summed E-state index contributed by atoms with van der Waals surface area (Å²) >= 11 is 0. The maximum absolute atomic E-state index is 13.6. The van der Waals surface area contributed by atoms with Crippen molar-refractivity contribution in [3.8, 4) is 0 Å². The van der Waals surface area contributed by atoms with Crippen LogP contribution in [-0.4, -0.2) is 52.2 Å². The molecule has 7 heteroatoms. The van der Waals surface area contributed by atoms with E-state index in [2.05, 4.69) is 5.32 Å². The van der Waals surface area contributed by atoms with Gasteiger partial charge in [0.2, 0.25) is 5.91 Å². The standard InChI is InChI=1S/C23H36N2O5/c1-21(2,3)17(24-20(29)30-22(4,5)6)18(26)25-11-13-12-9-14(23(10-12)7-8-23)15(13)16(25)19(27)28/h12-17H,7-11H2,1-6H3,(H,24,29)(H,27,28)/t12-,13?,14-,15+,16-,17+/m0/s1. The predicted molar refractivity (Wildman–Crippen MR) is 111 cm³/mol. The van der Waals surface area contributed by atoms with Gasteiger partial charge in [0.05, 0.1) is 0 Å². The second kappa shape index (κ2) is 6.60. The highest BCUT2D eigenvalue weighted by Gasteiger charge is 2.70. The van der Waals surface area contributed by atoms with E-state index in [0.29, 0.717) is 23.8 Å². The van der Waals surface area contributed by atoms with Crippen molar-refractivity contribution < 1.29 is 24.2 Å². The van der Waals surface area contributed by atoms with Gasteiger partial charge in [-0.25, -0.2) is 9.59 Å². The summed E-state index contributed by atoms with van der Waals surface area (Å²) in [5.74, 6) is 0.0687. The summed E-state index contributed by atoms with van der Waals surface area (Å²) in [5.41, 5.74) is -0.899. The van der Waals surface area contributed by atoms with Crippen LogP contribution < -0.4 is 5.32 Å². The van der Waals surface area contributed by atoms with Gasteiger partial charge in [0.15, 0.2) is 0 Å². The zero-order valence-corrected chi connectivity index (χ0v) is 19.0. The minimum absolute atomic E-state index is 0.0508. The number of aliphatic carboxylic acids is 1. The topological polar surface area (TPSA) is 95.9 Å². The van der Waals surface area contributed by atoms with Crippen molar-refractivity contribution in [3.05, 3.63) is 0 Å². The van der Waals surface area contributed by atoms with Gasteiger partial charge < -0.3 is 20.1 Å². The van der Waals surface area contributed by atoms with Crippen molar-refractivity contribution >= 4 is 18.0 Å². The van der Waals surface area contributed by atoms with Gasteiger partial charge in [0.25, 0.3) is 0 Å². The van der Waals surface area contributed by atoms with E-state index in [9.17, 15) is 19.5 Å². The quantitative estimate of drug-likeness (QED) is 0.730. The number of amides is 2. The Balaban J connectivity index is 1.57. The third kappa shape index (κ3) is 3.48. The number of nitrogens with one attached hydrogen (secondary N) is 1. The smallest absolute Gasteiger partial charge is 0.408 e. The Labute approximate surface area is 178 Å². The monoisotopic (exact) mass is 420 g/mol. The highest BCUT2D eigenvalue weighted by Crippen LogP contribution is 2.73. The highest BCUT2D eigenvalue weighted by atomic mass is 16.6. The molecule has 0 aromatic carbocycles. The average molecular weight is 421 g/mol. The summed E-state index contributed by atoms with van der Waals surface area (Å²) in [6, 6.07) is -1.64. The van der Waals surface area contributed by atoms with Gasteiger partial charge in [0.1, 0.15) is 17.7 Å². The third-order valence-corrected chi connectivity index (χ3v) is 7.89. The fourth-order valence-corrected chi connectivity index (χ4v) is 6.61. The maximum Gasteiger partial charge on any atom is 0.408 e.